The highest BCUT2D eigenvalue weighted by Gasteiger charge is 2.23. The van der Waals surface area contributed by atoms with E-state index in [0.29, 0.717) is 24.4 Å². The van der Waals surface area contributed by atoms with Crippen LogP contribution in [0.15, 0.2) is 0 Å². The topological polar surface area (TPSA) is 32.3 Å². The predicted molar refractivity (Wildman–Crippen MR) is 69.9 cm³/mol. The summed E-state index contributed by atoms with van der Waals surface area (Å²) in [7, 11) is 2.00. The Bertz CT molecular complexity index is 243. The molecule has 0 aliphatic heterocycles. The van der Waals surface area contributed by atoms with Crippen LogP contribution in [0, 0.1) is 0 Å². The van der Waals surface area contributed by atoms with Gasteiger partial charge < -0.3 is 10.2 Å². The van der Waals surface area contributed by atoms with Crippen LogP contribution in [0.5, 0.6) is 0 Å². The van der Waals surface area contributed by atoms with Crippen molar-refractivity contribution in [2.24, 2.45) is 0 Å². The van der Waals surface area contributed by atoms with Crippen molar-refractivity contribution in [3.05, 3.63) is 0 Å². The number of hydrogen-bond donors (Lipinski definition) is 1. The predicted octanol–water partition coefficient (Wildman–Crippen LogP) is 2.31. The van der Waals surface area contributed by atoms with Gasteiger partial charge in [0.25, 0.3) is 0 Å². The lowest BCUT2D eigenvalue weighted by atomic mass is 10.1. The molecule has 0 radical (unpaired) electrons. The number of nitrogens with zero attached hydrogens (tertiary/aromatic N) is 1. The Balaban J connectivity index is 1.68. The van der Waals surface area contributed by atoms with E-state index in [1.165, 1.54) is 51.4 Å². The molecule has 0 bridgehead atoms. The second-order valence-corrected chi connectivity index (χ2v) is 5.63. The minimum Gasteiger partial charge on any atom is -0.343 e. The van der Waals surface area contributed by atoms with Gasteiger partial charge in [0.2, 0.25) is 5.91 Å². The zero-order valence-electron chi connectivity index (χ0n) is 11.1. The maximum Gasteiger partial charge on any atom is 0.223 e. The first kappa shape index (κ1) is 12.9. The van der Waals surface area contributed by atoms with Gasteiger partial charge in [-0.25, -0.2) is 0 Å². The number of amides is 1. The van der Waals surface area contributed by atoms with E-state index < -0.39 is 0 Å². The fourth-order valence-electron chi connectivity index (χ4n) is 2.70. The molecule has 0 aromatic carbocycles. The number of rotatable bonds is 5. The van der Waals surface area contributed by atoms with Crippen LogP contribution >= 0.6 is 0 Å². The fraction of sp³-hybridized carbons (Fsp3) is 0.929. The first-order chi connectivity index (χ1) is 8.27. The lowest BCUT2D eigenvalue weighted by molar-refractivity contribution is -0.132. The highest BCUT2D eigenvalue weighted by atomic mass is 16.2. The van der Waals surface area contributed by atoms with Gasteiger partial charge in [-0.2, -0.15) is 0 Å². The third-order valence-corrected chi connectivity index (χ3v) is 4.12. The van der Waals surface area contributed by atoms with Gasteiger partial charge >= 0.3 is 0 Å². The minimum absolute atomic E-state index is 0.324. The van der Waals surface area contributed by atoms with Crippen LogP contribution < -0.4 is 5.32 Å². The fourth-order valence-corrected chi connectivity index (χ4v) is 2.70. The zero-order chi connectivity index (χ0) is 12.1. The summed E-state index contributed by atoms with van der Waals surface area (Å²) in [6.07, 6.45) is 11.0. The largest absolute Gasteiger partial charge is 0.343 e. The van der Waals surface area contributed by atoms with Gasteiger partial charge in [0.05, 0.1) is 0 Å². The van der Waals surface area contributed by atoms with Crippen LogP contribution in [-0.4, -0.2) is 36.5 Å². The van der Waals surface area contributed by atoms with Crippen molar-refractivity contribution in [1.82, 2.24) is 10.2 Å². The molecule has 0 aromatic rings. The highest BCUT2D eigenvalue weighted by molar-refractivity contribution is 5.76. The molecule has 3 heteroatoms. The third-order valence-electron chi connectivity index (χ3n) is 4.12. The number of carbonyl (C=O) groups is 1. The Morgan fingerprint density at radius 2 is 1.76 bits per heavy atom. The first-order valence-corrected chi connectivity index (χ1v) is 7.26. The summed E-state index contributed by atoms with van der Waals surface area (Å²) in [6, 6.07) is 1.22. The van der Waals surface area contributed by atoms with Crippen LogP contribution in [0.1, 0.15) is 57.8 Å². The summed E-state index contributed by atoms with van der Waals surface area (Å²) < 4.78 is 0. The summed E-state index contributed by atoms with van der Waals surface area (Å²) in [5.74, 6) is 0.324. The third kappa shape index (κ3) is 4.30. The van der Waals surface area contributed by atoms with Gasteiger partial charge in [0, 0.05) is 32.1 Å². The monoisotopic (exact) mass is 238 g/mol. The number of hydrogen-bond acceptors (Lipinski definition) is 2. The minimum atomic E-state index is 0.324. The molecule has 3 nitrogen and oxygen atoms in total. The average molecular weight is 238 g/mol. The average Bonchev–Trinajstić information content (AvgIpc) is 3.14. The van der Waals surface area contributed by atoms with Crippen LogP contribution in [-0.2, 0) is 4.79 Å². The molecule has 2 saturated carbocycles. The molecular formula is C14H26N2O. The molecule has 0 unspecified atom stereocenters. The summed E-state index contributed by atoms with van der Waals surface area (Å²) in [4.78, 5) is 14.1. The van der Waals surface area contributed by atoms with E-state index in [1.54, 1.807) is 0 Å². The molecule has 17 heavy (non-hydrogen) atoms. The molecule has 2 aliphatic rings. The van der Waals surface area contributed by atoms with Crippen molar-refractivity contribution < 1.29 is 4.79 Å². The Morgan fingerprint density at radius 1 is 1.12 bits per heavy atom. The molecule has 0 heterocycles. The second kappa shape index (κ2) is 6.39. The van der Waals surface area contributed by atoms with Crippen LogP contribution in [0.4, 0.5) is 0 Å². The summed E-state index contributed by atoms with van der Waals surface area (Å²) in [6.45, 7) is 0.862. The van der Waals surface area contributed by atoms with Crippen LogP contribution in [0.2, 0.25) is 0 Å². The molecule has 1 amide bonds. The summed E-state index contributed by atoms with van der Waals surface area (Å²) in [5, 5.41) is 3.41. The van der Waals surface area contributed by atoms with Crippen molar-refractivity contribution in [2.45, 2.75) is 69.9 Å². The maximum atomic E-state index is 12.0. The Hall–Kier alpha value is -0.570. The lowest BCUT2D eigenvalue weighted by Crippen LogP contribution is -2.38. The quantitative estimate of drug-likeness (QED) is 0.745. The van der Waals surface area contributed by atoms with E-state index in [2.05, 4.69) is 5.32 Å². The normalized spacial score (nSPS) is 22.2. The number of carbonyl (C=O) groups excluding carboxylic acids is 1. The van der Waals surface area contributed by atoms with Crippen LogP contribution in [0.3, 0.4) is 0 Å². The standard InChI is InChI=1S/C14H26N2O/c1-16(13-6-4-2-3-5-7-13)14(17)10-11-15-12-8-9-12/h12-13,15H,2-11H2,1H3. The first-order valence-electron chi connectivity index (χ1n) is 7.26. The van der Waals surface area contributed by atoms with Crippen molar-refractivity contribution >= 4 is 5.91 Å². The van der Waals surface area contributed by atoms with E-state index in [4.69, 9.17) is 0 Å². The molecule has 0 aromatic heterocycles. The van der Waals surface area contributed by atoms with Crippen molar-refractivity contribution in [3.8, 4) is 0 Å². The van der Waals surface area contributed by atoms with E-state index >= 15 is 0 Å². The molecule has 2 fully saturated rings. The molecular weight excluding hydrogens is 212 g/mol. The smallest absolute Gasteiger partial charge is 0.223 e. The molecule has 98 valence electrons. The second-order valence-electron chi connectivity index (χ2n) is 5.63. The van der Waals surface area contributed by atoms with Gasteiger partial charge in [0.1, 0.15) is 0 Å². The number of nitrogens with one attached hydrogen (secondary N) is 1. The SMILES string of the molecule is CN(C(=O)CCNC1CC1)C1CCCCCC1. The van der Waals surface area contributed by atoms with Gasteiger partial charge in [-0.05, 0) is 25.7 Å². The zero-order valence-corrected chi connectivity index (χ0v) is 11.1. The maximum absolute atomic E-state index is 12.0. The van der Waals surface area contributed by atoms with Gasteiger partial charge in [-0.1, -0.05) is 25.7 Å². The molecule has 1 N–H and O–H groups in total. The van der Waals surface area contributed by atoms with Crippen molar-refractivity contribution in [1.29, 1.82) is 0 Å². The molecule has 0 atom stereocenters. The van der Waals surface area contributed by atoms with E-state index in [-0.39, 0.29) is 0 Å². The van der Waals surface area contributed by atoms with Gasteiger partial charge in [0.15, 0.2) is 0 Å². The van der Waals surface area contributed by atoms with Crippen LogP contribution in [0.25, 0.3) is 0 Å². The Kier molecular flexibility index (Phi) is 4.84. The highest BCUT2D eigenvalue weighted by Crippen LogP contribution is 2.21. The van der Waals surface area contributed by atoms with E-state index in [1.807, 2.05) is 11.9 Å². The summed E-state index contributed by atoms with van der Waals surface area (Å²) in [5.41, 5.74) is 0. The van der Waals surface area contributed by atoms with Gasteiger partial charge in [-0.3, -0.25) is 4.79 Å². The lowest BCUT2D eigenvalue weighted by Gasteiger charge is -2.27. The Morgan fingerprint density at radius 3 is 2.35 bits per heavy atom. The van der Waals surface area contributed by atoms with E-state index in [0.717, 1.165) is 6.54 Å². The van der Waals surface area contributed by atoms with Crippen molar-refractivity contribution in [3.63, 3.8) is 0 Å². The van der Waals surface area contributed by atoms with Gasteiger partial charge in [-0.15, -0.1) is 0 Å². The summed E-state index contributed by atoms with van der Waals surface area (Å²) >= 11 is 0. The molecule has 0 spiro atoms. The van der Waals surface area contributed by atoms with Crippen molar-refractivity contribution in [2.75, 3.05) is 13.6 Å². The van der Waals surface area contributed by atoms with E-state index in [9.17, 15) is 4.79 Å². The molecule has 2 aliphatic carbocycles. The molecule has 2 rings (SSSR count). The molecule has 0 saturated heterocycles. The Labute approximate surface area is 105 Å².